The number of methoxy groups -OCH3 is 1. The molecule has 0 radical (unpaired) electrons. The molecule has 19 heavy (non-hydrogen) atoms. The van der Waals surface area contributed by atoms with Crippen LogP contribution in [0.25, 0.3) is 0 Å². The smallest absolute Gasteiger partial charge is 0.310 e. The number of nitrogens with zero attached hydrogens (tertiary/aromatic N) is 3. The number of carbonyl (C=O) groups is 1. The van der Waals surface area contributed by atoms with Gasteiger partial charge < -0.3 is 14.4 Å². The highest BCUT2D eigenvalue weighted by atomic mass is 16.5. The van der Waals surface area contributed by atoms with E-state index in [0.717, 1.165) is 12.4 Å². The lowest BCUT2D eigenvalue weighted by molar-refractivity contribution is -0.145. The summed E-state index contributed by atoms with van der Waals surface area (Å²) in [7, 11) is 1.43. The fraction of sp³-hybridized carbons (Fsp3) is 0.615. The molecule has 0 amide bonds. The monoisotopic (exact) mass is 265 g/mol. The third kappa shape index (κ3) is 2.94. The van der Waals surface area contributed by atoms with E-state index in [2.05, 4.69) is 14.9 Å². The van der Waals surface area contributed by atoms with Crippen LogP contribution in [0.5, 0.6) is 5.88 Å². The van der Waals surface area contributed by atoms with Crippen molar-refractivity contribution in [2.24, 2.45) is 11.8 Å². The Kier molecular flexibility index (Phi) is 4.19. The van der Waals surface area contributed by atoms with Gasteiger partial charge in [0.2, 0.25) is 5.88 Å². The number of rotatable bonds is 4. The molecule has 6 nitrogen and oxygen atoms in total. The topological polar surface area (TPSA) is 64.5 Å². The number of esters is 1. The summed E-state index contributed by atoms with van der Waals surface area (Å²) in [6.45, 7) is 5.93. The summed E-state index contributed by atoms with van der Waals surface area (Å²) in [5.41, 5.74) is 0. The average molecular weight is 265 g/mol. The van der Waals surface area contributed by atoms with Crippen molar-refractivity contribution in [1.82, 2.24) is 9.97 Å². The predicted molar refractivity (Wildman–Crippen MR) is 70.1 cm³/mol. The van der Waals surface area contributed by atoms with E-state index in [1.165, 1.54) is 13.4 Å². The van der Waals surface area contributed by atoms with Crippen LogP contribution in [0.4, 0.5) is 5.82 Å². The fourth-order valence-electron chi connectivity index (χ4n) is 2.34. The molecule has 0 aliphatic carbocycles. The molecule has 104 valence electrons. The van der Waals surface area contributed by atoms with Crippen molar-refractivity contribution in [1.29, 1.82) is 0 Å². The molecule has 0 N–H and O–H groups in total. The van der Waals surface area contributed by atoms with Crippen LogP contribution in [-0.4, -0.2) is 42.7 Å². The van der Waals surface area contributed by atoms with Crippen LogP contribution in [0.15, 0.2) is 12.4 Å². The van der Waals surface area contributed by atoms with Crippen LogP contribution < -0.4 is 9.64 Å². The Balaban J connectivity index is 2.11. The first kappa shape index (κ1) is 13.6. The zero-order chi connectivity index (χ0) is 13.8. The molecule has 1 aromatic rings. The number of aromatic nitrogens is 2. The Morgan fingerprint density at radius 1 is 1.47 bits per heavy atom. The van der Waals surface area contributed by atoms with Gasteiger partial charge in [0, 0.05) is 19.2 Å². The summed E-state index contributed by atoms with van der Waals surface area (Å²) in [6.07, 6.45) is 1.48. The van der Waals surface area contributed by atoms with Crippen molar-refractivity contribution >= 4 is 11.8 Å². The predicted octanol–water partition coefficient (Wildman–Crippen LogP) is 1.12. The molecule has 0 spiro atoms. The molecule has 1 aliphatic rings. The Morgan fingerprint density at radius 3 is 2.95 bits per heavy atom. The highest BCUT2D eigenvalue weighted by molar-refractivity contribution is 5.74. The van der Waals surface area contributed by atoms with Gasteiger partial charge in [-0.25, -0.2) is 9.97 Å². The van der Waals surface area contributed by atoms with Crippen molar-refractivity contribution in [2.75, 3.05) is 31.7 Å². The number of anilines is 1. The lowest BCUT2D eigenvalue weighted by Gasteiger charge is -2.17. The van der Waals surface area contributed by atoms with Crippen LogP contribution >= 0.6 is 0 Å². The van der Waals surface area contributed by atoms with Crippen molar-refractivity contribution in [2.45, 2.75) is 13.8 Å². The van der Waals surface area contributed by atoms with Crippen molar-refractivity contribution in [3.8, 4) is 5.88 Å². The summed E-state index contributed by atoms with van der Waals surface area (Å²) in [4.78, 5) is 22.0. The van der Waals surface area contributed by atoms with Gasteiger partial charge in [0.15, 0.2) is 0 Å². The van der Waals surface area contributed by atoms with Crippen LogP contribution in [0, 0.1) is 11.8 Å². The van der Waals surface area contributed by atoms with Crippen LogP contribution in [0.1, 0.15) is 13.8 Å². The summed E-state index contributed by atoms with van der Waals surface area (Å²) in [5, 5.41) is 0. The first-order valence-corrected chi connectivity index (χ1v) is 6.43. The molecule has 1 saturated heterocycles. The largest absolute Gasteiger partial charge is 0.478 e. The van der Waals surface area contributed by atoms with Crippen molar-refractivity contribution in [3.63, 3.8) is 0 Å². The molecule has 6 heteroatoms. The van der Waals surface area contributed by atoms with Gasteiger partial charge in [0.25, 0.3) is 0 Å². The normalized spacial score (nSPS) is 22.4. The molecule has 1 aromatic heterocycles. The minimum atomic E-state index is -0.158. The summed E-state index contributed by atoms with van der Waals surface area (Å²) in [6, 6.07) is 1.80. The minimum Gasteiger partial charge on any atom is -0.478 e. The highest BCUT2D eigenvalue weighted by Gasteiger charge is 2.36. The third-order valence-corrected chi connectivity index (χ3v) is 3.36. The van der Waals surface area contributed by atoms with Gasteiger partial charge in [-0.2, -0.15) is 0 Å². The molecule has 2 heterocycles. The quantitative estimate of drug-likeness (QED) is 0.760. The van der Waals surface area contributed by atoms with E-state index in [4.69, 9.17) is 9.47 Å². The second-order valence-electron chi connectivity index (χ2n) is 4.66. The zero-order valence-electron chi connectivity index (χ0n) is 11.5. The van der Waals surface area contributed by atoms with E-state index in [1.807, 2.05) is 13.8 Å². The minimum absolute atomic E-state index is 0.101. The van der Waals surface area contributed by atoms with Crippen molar-refractivity contribution < 1.29 is 14.3 Å². The maximum absolute atomic E-state index is 11.7. The maximum Gasteiger partial charge on any atom is 0.310 e. The number of ether oxygens (including phenoxy) is 2. The van der Waals surface area contributed by atoms with E-state index in [9.17, 15) is 4.79 Å². The van der Waals surface area contributed by atoms with Gasteiger partial charge in [0.05, 0.1) is 19.6 Å². The Morgan fingerprint density at radius 2 is 2.26 bits per heavy atom. The fourth-order valence-corrected chi connectivity index (χ4v) is 2.34. The van der Waals surface area contributed by atoms with E-state index in [-0.39, 0.29) is 17.8 Å². The number of carbonyl (C=O) groups excluding carboxylic acids is 1. The summed E-state index contributed by atoms with van der Waals surface area (Å²) in [5.74, 6) is 1.33. The summed E-state index contributed by atoms with van der Waals surface area (Å²) >= 11 is 0. The second-order valence-corrected chi connectivity index (χ2v) is 4.66. The van der Waals surface area contributed by atoms with E-state index >= 15 is 0 Å². The Labute approximate surface area is 112 Å². The third-order valence-electron chi connectivity index (χ3n) is 3.36. The van der Waals surface area contributed by atoms with E-state index in [1.54, 1.807) is 6.07 Å². The highest BCUT2D eigenvalue weighted by Crippen LogP contribution is 2.28. The van der Waals surface area contributed by atoms with E-state index in [0.29, 0.717) is 19.0 Å². The number of hydrogen-bond acceptors (Lipinski definition) is 6. The average Bonchev–Trinajstić information content (AvgIpc) is 2.81. The molecule has 2 atom stereocenters. The zero-order valence-corrected chi connectivity index (χ0v) is 11.5. The van der Waals surface area contributed by atoms with Gasteiger partial charge >= 0.3 is 5.97 Å². The van der Waals surface area contributed by atoms with Crippen LogP contribution in [0.2, 0.25) is 0 Å². The molecular weight excluding hydrogens is 246 g/mol. The molecular formula is C13H19N3O3. The lowest BCUT2D eigenvalue weighted by Crippen LogP contribution is -2.24. The number of hydrogen-bond donors (Lipinski definition) is 0. The standard InChI is InChI=1S/C13H19N3O3/c1-4-19-12-5-11(14-8-15-12)16-6-9(2)10(7-16)13(17)18-3/h5,8-10H,4,6-7H2,1-3H3. The van der Waals surface area contributed by atoms with Gasteiger partial charge in [-0.05, 0) is 12.8 Å². The van der Waals surface area contributed by atoms with Crippen LogP contribution in [-0.2, 0) is 9.53 Å². The first-order valence-electron chi connectivity index (χ1n) is 6.43. The second kappa shape index (κ2) is 5.86. The van der Waals surface area contributed by atoms with Gasteiger partial charge in [-0.1, -0.05) is 6.92 Å². The summed E-state index contributed by atoms with van der Waals surface area (Å²) < 4.78 is 10.2. The molecule has 1 aliphatic heterocycles. The van der Waals surface area contributed by atoms with Gasteiger partial charge in [-0.15, -0.1) is 0 Å². The molecule has 2 rings (SSSR count). The molecule has 0 saturated carbocycles. The van der Waals surface area contributed by atoms with Crippen molar-refractivity contribution in [3.05, 3.63) is 12.4 Å². The first-order chi connectivity index (χ1) is 9.15. The molecule has 0 aromatic carbocycles. The van der Waals surface area contributed by atoms with Crippen LogP contribution in [0.3, 0.4) is 0 Å². The molecule has 1 fully saturated rings. The van der Waals surface area contributed by atoms with E-state index < -0.39 is 0 Å². The van der Waals surface area contributed by atoms with Gasteiger partial charge in [0.1, 0.15) is 12.1 Å². The molecule has 0 bridgehead atoms. The lowest BCUT2D eigenvalue weighted by atomic mass is 9.99. The SMILES string of the molecule is CCOc1cc(N2CC(C)C(C(=O)OC)C2)ncn1. The Bertz CT molecular complexity index is 453. The molecule has 2 unspecified atom stereocenters. The maximum atomic E-state index is 11.7. The van der Waals surface area contributed by atoms with Gasteiger partial charge in [-0.3, -0.25) is 4.79 Å². The Hall–Kier alpha value is -1.85.